The molecule has 2 atom stereocenters. The van der Waals surface area contributed by atoms with Crippen LogP contribution in [0, 0.1) is 17.6 Å². The zero-order chi connectivity index (χ0) is 22.6. The van der Waals surface area contributed by atoms with E-state index >= 15 is 0 Å². The summed E-state index contributed by atoms with van der Waals surface area (Å²) in [7, 11) is 1.48. The maximum Gasteiger partial charge on any atom is 0.273 e. The van der Waals surface area contributed by atoms with Crippen molar-refractivity contribution < 1.29 is 18.3 Å². The molecule has 1 heterocycles. The standard InChI is InChI=1S/C23H27F2N3O2S/c1-15(2)20(30-3)22(29)28-23(12-7-13-26,16-8-5-4-6-9-16)31-21(27-28)18-14-17(24)10-11-19(18)25/h4-6,8-11,14-15,20H,7,12-13,26H2,1-3H3/t20-,23+/m0/s1. The van der Waals surface area contributed by atoms with Gasteiger partial charge in [0.2, 0.25) is 0 Å². The highest BCUT2D eigenvalue weighted by Gasteiger charge is 2.50. The lowest BCUT2D eigenvalue weighted by Crippen LogP contribution is -2.48. The van der Waals surface area contributed by atoms with Crippen molar-refractivity contribution in [2.75, 3.05) is 13.7 Å². The fraction of sp³-hybridized carbons (Fsp3) is 0.391. The number of amides is 1. The Balaban J connectivity index is 2.17. The number of thioether (sulfide) groups is 1. The Morgan fingerprint density at radius 1 is 1.23 bits per heavy atom. The van der Waals surface area contributed by atoms with Crippen LogP contribution in [0.3, 0.4) is 0 Å². The number of hydrogen-bond acceptors (Lipinski definition) is 5. The molecule has 0 aliphatic carbocycles. The van der Waals surface area contributed by atoms with Gasteiger partial charge >= 0.3 is 0 Å². The molecule has 0 saturated heterocycles. The van der Waals surface area contributed by atoms with Crippen LogP contribution in [0.5, 0.6) is 0 Å². The predicted molar refractivity (Wildman–Crippen MR) is 119 cm³/mol. The number of nitrogens with two attached hydrogens (primary N) is 1. The molecule has 0 bridgehead atoms. The quantitative estimate of drug-likeness (QED) is 0.649. The highest BCUT2D eigenvalue weighted by atomic mass is 32.2. The first kappa shape index (κ1) is 23.4. The Morgan fingerprint density at radius 3 is 2.55 bits per heavy atom. The van der Waals surface area contributed by atoms with Gasteiger partial charge in [0.05, 0.1) is 0 Å². The molecule has 166 valence electrons. The zero-order valence-corrected chi connectivity index (χ0v) is 18.7. The van der Waals surface area contributed by atoms with E-state index in [2.05, 4.69) is 5.10 Å². The summed E-state index contributed by atoms with van der Waals surface area (Å²) in [6.45, 7) is 4.19. The average Bonchev–Trinajstić information content (AvgIpc) is 3.15. The molecule has 5 nitrogen and oxygen atoms in total. The minimum absolute atomic E-state index is 0.0202. The first-order chi connectivity index (χ1) is 14.8. The van der Waals surface area contributed by atoms with Gasteiger partial charge in [-0.05, 0) is 49.1 Å². The van der Waals surface area contributed by atoms with Crippen molar-refractivity contribution >= 4 is 22.7 Å². The van der Waals surface area contributed by atoms with Crippen molar-refractivity contribution in [3.05, 3.63) is 71.3 Å². The van der Waals surface area contributed by atoms with Gasteiger partial charge in [-0.2, -0.15) is 5.10 Å². The van der Waals surface area contributed by atoms with Crippen LogP contribution in [-0.4, -0.2) is 35.7 Å². The summed E-state index contributed by atoms with van der Waals surface area (Å²) >= 11 is 1.24. The lowest BCUT2D eigenvalue weighted by molar-refractivity contribution is -0.148. The van der Waals surface area contributed by atoms with Crippen LogP contribution in [0.25, 0.3) is 0 Å². The molecule has 31 heavy (non-hydrogen) atoms. The van der Waals surface area contributed by atoms with Crippen LogP contribution < -0.4 is 5.73 Å². The van der Waals surface area contributed by atoms with Crippen molar-refractivity contribution in [3.63, 3.8) is 0 Å². The normalized spacial score (nSPS) is 19.6. The van der Waals surface area contributed by atoms with Crippen molar-refractivity contribution in [2.24, 2.45) is 16.8 Å². The third-order valence-corrected chi connectivity index (χ3v) is 6.66. The first-order valence-electron chi connectivity index (χ1n) is 10.2. The molecule has 0 fully saturated rings. The molecule has 2 aromatic carbocycles. The van der Waals surface area contributed by atoms with Crippen LogP contribution in [0.1, 0.15) is 37.8 Å². The largest absolute Gasteiger partial charge is 0.371 e. The Hall–Kier alpha value is -2.29. The first-order valence-corrected chi connectivity index (χ1v) is 11.0. The number of halogens is 2. The number of hydrazone groups is 1. The van der Waals surface area contributed by atoms with E-state index in [0.717, 1.165) is 23.8 Å². The monoisotopic (exact) mass is 447 g/mol. The molecule has 0 unspecified atom stereocenters. The van der Waals surface area contributed by atoms with E-state index in [1.165, 1.54) is 23.9 Å². The number of hydrogen-bond donors (Lipinski definition) is 1. The van der Waals surface area contributed by atoms with Gasteiger partial charge in [0, 0.05) is 12.7 Å². The summed E-state index contributed by atoms with van der Waals surface area (Å²) in [5.41, 5.74) is 6.65. The van der Waals surface area contributed by atoms with Gasteiger partial charge in [0.1, 0.15) is 27.7 Å². The second-order valence-corrected chi connectivity index (χ2v) is 8.99. The highest BCUT2D eigenvalue weighted by Crippen LogP contribution is 2.51. The molecular weight excluding hydrogens is 420 g/mol. The molecule has 0 saturated carbocycles. The molecule has 0 aromatic heterocycles. The van der Waals surface area contributed by atoms with Crippen molar-refractivity contribution in [1.82, 2.24) is 5.01 Å². The second-order valence-electron chi connectivity index (χ2n) is 7.72. The van der Waals surface area contributed by atoms with E-state index in [1.54, 1.807) is 0 Å². The molecule has 1 aliphatic rings. The van der Waals surface area contributed by atoms with Crippen LogP contribution in [0.2, 0.25) is 0 Å². The van der Waals surface area contributed by atoms with Gasteiger partial charge in [-0.1, -0.05) is 55.9 Å². The smallest absolute Gasteiger partial charge is 0.273 e. The molecular formula is C23H27F2N3O2S. The van der Waals surface area contributed by atoms with Crippen LogP contribution >= 0.6 is 11.8 Å². The van der Waals surface area contributed by atoms with Crippen LogP contribution in [-0.2, 0) is 14.4 Å². The van der Waals surface area contributed by atoms with Crippen molar-refractivity contribution in [3.8, 4) is 0 Å². The van der Waals surface area contributed by atoms with E-state index in [9.17, 15) is 13.6 Å². The molecule has 3 rings (SSSR count). The number of carbonyl (C=O) groups excluding carboxylic acids is 1. The van der Waals surface area contributed by atoms with E-state index in [-0.39, 0.29) is 22.4 Å². The summed E-state index contributed by atoms with van der Waals surface area (Å²) in [5, 5.41) is 6.16. The molecule has 0 spiro atoms. The summed E-state index contributed by atoms with van der Waals surface area (Å²) in [6, 6.07) is 12.7. The van der Waals surface area contributed by atoms with Gasteiger partial charge in [-0.3, -0.25) is 4.79 Å². The lowest BCUT2D eigenvalue weighted by atomic mass is 9.98. The van der Waals surface area contributed by atoms with Gasteiger partial charge < -0.3 is 10.5 Å². The average molecular weight is 448 g/mol. The fourth-order valence-electron chi connectivity index (χ4n) is 3.69. The number of carbonyl (C=O) groups is 1. The van der Waals surface area contributed by atoms with E-state index in [4.69, 9.17) is 10.5 Å². The van der Waals surface area contributed by atoms with Gasteiger partial charge in [0.15, 0.2) is 0 Å². The number of rotatable bonds is 8. The minimum atomic E-state index is -0.947. The molecule has 1 amide bonds. The Morgan fingerprint density at radius 2 is 1.94 bits per heavy atom. The highest BCUT2D eigenvalue weighted by molar-refractivity contribution is 8.15. The van der Waals surface area contributed by atoms with E-state index in [0.29, 0.717) is 19.4 Å². The topological polar surface area (TPSA) is 67.9 Å². The second kappa shape index (κ2) is 9.89. The summed E-state index contributed by atoms with van der Waals surface area (Å²) < 4.78 is 34.0. The molecule has 8 heteroatoms. The number of benzene rings is 2. The summed E-state index contributed by atoms with van der Waals surface area (Å²) in [4.78, 5) is 12.6. The van der Waals surface area contributed by atoms with Gasteiger partial charge in [0.25, 0.3) is 5.91 Å². The predicted octanol–water partition coefficient (Wildman–Crippen LogP) is 4.46. The third kappa shape index (κ3) is 4.66. The minimum Gasteiger partial charge on any atom is -0.371 e. The number of methoxy groups -OCH3 is 1. The number of nitrogens with zero attached hydrogens (tertiary/aromatic N) is 2. The zero-order valence-electron chi connectivity index (χ0n) is 17.8. The SMILES string of the molecule is CO[C@H](C(=O)N1N=C(c2cc(F)ccc2F)S[C@]1(CCCN)c1ccccc1)C(C)C. The van der Waals surface area contributed by atoms with Gasteiger partial charge in [-0.15, -0.1) is 0 Å². The fourth-order valence-corrected chi connectivity index (χ4v) is 5.12. The van der Waals surface area contributed by atoms with E-state index in [1.807, 2.05) is 44.2 Å². The van der Waals surface area contributed by atoms with Crippen molar-refractivity contribution in [2.45, 2.75) is 37.7 Å². The van der Waals surface area contributed by atoms with Crippen LogP contribution in [0.15, 0.2) is 53.6 Å². The summed E-state index contributed by atoms with van der Waals surface area (Å²) in [5.74, 6) is -1.61. The molecule has 0 radical (unpaired) electrons. The number of ether oxygens (including phenoxy) is 1. The third-order valence-electron chi connectivity index (χ3n) is 5.21. The summed E-state index contributed by atoms with van der Waals surface area (Å²) in [6.07, 6.45) is 0.365. The molecule has 1 aliphatic heterocycles. The maximum atomic E-state index is 14.6. The van der Waals surface area contributed by atoms with E-state index < -0.39 is 22.6 Å². The van der Waals surface area contributed by atoms with Gasteiger partial charge in [-0.25, -0.2) is 13.8 Å². The maximum absolute atomic E-state index is 14.6. The van der Waals surface area contributed by atoms with Crippen LogP contribution in [0.4, 0.5) is 8.78 Å². The van der Waals surface area contributed by atoms with Crippen molar-refractivity contribution in [1.29, 1.82) is 0 Å². The Labute approximate surface area is 185 Å². The Bertz CT molecular complexity index is 955. The molecule has 2 aromatic rings. The lowest BCUT2D eigenvalue weighted by Gasteiger charge is -2.37. The Kier molecular flexibility index (Phi) is 7.46. The molecule has 2 N–H and O–H groups in total.